The summed E-state index contributed by atoms with van der Waals surface area (Å²) in [6, 6.07) is -0.486. The third-order valence-electron chi connectivity index (χ3n) is 3.58. The van der Waals surface area contributed by atoms with Crippen molar-refractivity contribution in [3.05, 3.63) is 5.69 Å². The van der Waals surface area contributed by atoms with E-state index in [-0.39, 0.29) is 5.97 Å². The van der Waals surface area contributed by atoms with Crippen molar-refractivity contribution in [3.63, 3.8) is 0 Å². The Morgan fingerprint density at radius 1 is 1.43 bits per heavy atom. The van der Waals surface area contributed by atoms with Crippen LogP contribution in [0, 0.1) is 5.92 Å². The van der Waals surface area contributed by atoms with Gasteiger partial charge in [0.15, 0.2) is 5.65 Å². The Hall–Kier alpha value is -2.05. The zero-order valence-corrected chi connectivity index (χ0v) is 13.3. The Morgan fingerprint density at radius 2 is 2.10 bits per heavy atom. The molecule has 2 N–H and O–H groups in total. The quantitative estimate of drug-likeness (QED) is 0.847. The first kappa shape index (κ1) is 15.3. The van der Waals surface area contributed by atoms with Gasteiger partial charge in [-0.2, -0.15) is 5.10 Å². The molecule has 0 amide bonds. The summed E-state index contributed by atoms with van der Waals surface area (Å²) in [6.07, 6.45) is 1.40. The number of nitrogen functional groups attached to an aromatic ring is 1. The number of esters is 1. The highest BCUT2D eigenvalue weighted by molar-refractivity contribution is 5.82. The van der Waals surface area contributed by atoms with Gasteiger partial charge in [-0.05, 0) is 18.8 Å². The molecule has 0 spiro atoms. The summed E-state index contributed by atoms with van der Waals surface area (Å²) in [5, 5.41) is 4.44. The number of anilines is 1. The number of hydrogen-bond donors (Lipinski definition) is 1. The van der Waals surface area contributed by atoms with E-state index in [1.165, 1.54) is 7.11 Å². The average Bonchev–Trinajstić information content (AvgIpc) is 2.92. The van der Waals surface area contributed by atoms with E-state index < -0.39 is 6.04 Å². The molecule has 116 valence electrons. The van der Waals surface area contributed by atoms with Crippen LogP contribution in [0.2, 0.25) is 0 Å². The number of rotatable bonds is 5. The number of nitrogens with two attached hydrogens (primary N) is 1. The number of methoxy groups -OCH3 is 1. The number of ether oxygens (including phenoxy) is 1. The molecule has 21 heavy (non-hydrogen) atoms. The van der Waals surface area contributed by atoms with Crippen LogP contribution >= 0.6 is 0 Å². The molecule has 0 aliphatic rings. The summed E-state index contributed by atoms with van der Waals surface area (Å²) in [7, 11) is 3.23. The topological polar surface area (TPSA) is 88.0 Å². The lowest BCUT2D eigenvalue weighted by Gasteiger charge is -2.20. The molecule has 2 aromatic rings. The van der Waals surface area contributed by atoms with Crippen molar-refractivity contribution >= 4 is 23.1 Å². The second-order valence-corrected chi connectivity index (χ2v) is 5.60. The number of fused-ring (bicyclic) bond motifs is 1. The number of carbonyl (C=O) groups is 1. The van der Waals surface area contributed by atoms with E-state index in [9.17, 15) is 4.79 Å². The van der Waals surface area contributed by atoms with Crippen LogP contribution in [0.4, 0.5) is 5.95 Å². The number of nitrogens with zero attached hydrogens (tertiary/aromatic N) is 4. The van der Waals surface area contributed by atoms with E-state index in [0.717, 1.165) is 23.3 Å². The predicted octanol–water partition coefficient (Wildman–Crippen LogP) is 1.67. The van der Waals surface area contributed by atoms with Crippen LogP contribution < -0.4 is 5.73 Å². The van der Waals surface area contributed by atoms with Crippen LogP contribution in [0.1, 0.15) is 38.9 Å². The minimum absolute atomic E-state index is 0.311. The Morgan fingerprint density at radius 3 is 2.62 bits per heavy atom. The smallest absolute Gasteiger partial charge is 0.329 e. The van der Waals surface area contributed by atoms with Crippen molar-refractivity contribution in [3.8, 4) is 0 Å². The molecule has 1 unspecified atom stereocenters. The Kier molecular flexibility index (Phi) is 4.20. The molecule has 0 bridgehead atoms. The molecule has 0 radical (unpaired) electrons. The first-order valence-electron chi connectivity index (χ1n) is 7.17. The molecular weight excluding hydrogens is 270 g/mol. The predicted molar refractivity (Wildman–Crippen MR) is 80.8 cm³/mol. The molecule has 0 saturated carbocycles. The minimum atomic E-state index is -0.486. The molecule has 0 aliphatic carbocycles. The highest BCUT2D eigenvalue weighted by Gasteiger charge is 2.29. The van der Waals surface area contributed by atoms with Crippen LogP contribution in [0.15, 0.2) is 0 Å². The van der Waals surface area contributed by atoms with E-state index in [0.29, 0.717) is 18.3 Å². The second kappa shape index (κ2) is 5.75. The van der Waals surface area contributed by atoms with Crippen LogP contribution in [0.5, 0.6) is 0 Å². The fourth-order valence-electron chi connectivity index (χ4n) is 2.65. The Labute approximate surface area is 124 Å². The molecule has 7 heteroatoms. The normalized spacial score (nSPS) is 13.0. The van der Waals surface area contributed by atoms with Crippen LogP contribution in [-0.2, 0) is 23.0 Å². The van der Waals surface area contributed by atoms with Gasteiger partial charge in [0.1, 0.15) is 11.6 Å². The lowest BCUT2D eigenvalue weighted by Crippen LogP contribution is -2.24. The van der Waals surface area contributed by atoms with Gasteiger partial charge in [0.25, 0.3) is 0 Å². The number of aromatic nitrogens is 4. The molecule has 0 aromatic carbocycles. The van der Waals surface area contributed by atoms with Gasteiger partial charge >= 0.3 is 5.97 Å². The molecule has 2 rings (SSSR count). The third kappa shape index (κ3) is 2.59. The summed E-state index contributed by atoms with van der Waals surface area (Å²) in [5.74, 6) is 0.336. The van der Waals surface area contributed by atoms with Gasteiger partial charge < -0.3 is 10.5 Å². The monoisotopic (exact) mass is 293 g/mol. The standard InChI is InChI=1S/C14H23N5O2/c1-6-9-11-12(18(4)17-9)19(14(15)16-11)10(7-8(2)3)13(20)21-5/h8,10H,6-7H2,1-5H3,(H2,15,16). The summed E-state index contributed by atoms with van der Waals surface area (Å²) >= 11 is 0. The van der Waals surface area contributed by atoms with Crippen molar-refractivity contribution in [2.75, 3.05) is 12.8 Å². The van der Waals surface area contributed by atoms with E-state index in [1.54, 1.807) is 9.25 Å². The van der Waals surface area contributed by atoms with E-state index in [2.05, 4.69) is 23.9 Å². The molecule has 1 atom stereocenters. The van der Waals surface area contributed by atoms with E-state index in [4.69, 9.17) is 10.5 Å². The summed E-state index contributed by atoms with van der Waals surface area (Å²) in [5.41, 5.74) is 8.47. The van der Waals surface area contributed by atoms with Crippen molar-refractivity contribution < 1.29 is 9.53 Å². The fraction of sp³-hybridized carbons (Fsp3) is 0.643. The van der Waals surface area contributed by atoms with Gasteiger partial charge in [-0.1, -0.05) is 20.8 Å². The maximum atomic E-state index is 12.2. The number of carbonyl (C=O) groups excluding carboxylic acids is 1. The first-order valence-corrected chi connectivity index (χ1v) is 7.17. The lowest BCUT2D eigenvalue weighted by molar-refractivity contribution is -0.145. The van der Waals surface area contributed by atoms with E-state index in [1.807, 2.05) is 14.0 Å². The Bertz CT molecular complexity index is 656. The van der Waals surface area contributed by atoms with Gasteiger partial charge in [0.2, 0.25) is 5.95 Å². The van der Waals surface area contributed by atoms with Crippen molar-refractivity contribution in [1.82, 2.24) is 19.3 Å². The van der Waals surface area contributed by atoms with E-state index >= 15 is 0 Å². The molecule has 0 aliphatic heterocycles. The first-order chi connectivity index (χ1) is 9.90. The van der Waals surface area contributed by atoms with Crippen LogP contribution in [0.3, 0.4) is 0 Å². The largest absolute Gasteiger partial charge is 0.467 e. The minimum Gasteiger partial charge on any atom is -0.467 e. The van der Waals surface area contributed by atoms with Gasteiger partial charge in [0, 0.05) is 7.05 Å². The van der Waals surface area contributed by atoms with Gasteiger partial charge in [0.05, 0.1) is 12.8 Å². The molecule has 0 fully saturated rings. The summed E-state index contributed by atoms with van der Waals surface area (Å²) < 4.78 is 8.41. The highest BCUT2D eigenvalue weighted by Crippen LogP contribution is 2.29. The summed E-state index contributed by atoms with van der Waals surface area (Å²) in [4.78, 5) is 16.6. The molecular formula is C14H23N5O2. The number of hydrogen-bond acceptors (Lipinski definition) is 5. The van der Waals surface area contributed by atoms with Gasteiger partial charge in [-0.25, -0.2) is 9.78 Å². The summed E-state index contributed by atoms with van der Waals surface area (Å²) in [6.45, 7) is 6.13. The molecule has 2 heterocycles. The van der Waals surface area contributed by atoms with Crippen molar-refractivity contribution in [2.24, 2.45) is 13.0 Å². The van der Waals surface area contributed by atoms with Crippen LogP contribution in [0.25, 0.3) is 11.2 Å². The lowest BCUT2D eigenvalue weighted by atomic mass is 10.0. The van der Waals surface area contributed by atoms with Crippen LogP contribution in [-0.4, -0.2) is 32.4 Å². The van der Waals surface area contributed by atoms with Crippen molar-refractivity contribution in [1.29, 1.82) is 0 Å². The van der Waals surface area contributed by atoms with Crippen molar-refractivity contribution in [2.45, 2.75) is 39.7 Å². The zero-order chi connectivity index (χ0) is 15.7. The average molecular weight is 293 g/mol. The third-order valence-corrected chi connectivity index (χ3v) is 3.58. The number of imidazole rings is 1. The Balaban J connectivity index is 2.64. The highest BCUT2D eigenvalue weighted by atomic mass is 16.5. The zero-order valence-electron chi connectivity index (χ0n) is 13.3. The molecule has 0 saturated heterocycles. The van der Waals surface area contributed by atoms with Gasteiger partial charge in [-0.3, -0.25) is 9.25 Å². The second-order valence-electron chi connectivity index (χ2n) is 5.60. The maximum absolute atomic E-state index is 12.2. The molecule has 2 aromatic heterocycles. The SMILES string of the molecule is CCc1nn(C)c2c1nc(N)n2C(CC(C)C)C(=O)OC. The maximum Gasteiger partial charge on any atom is 0.329 e. The fourth-order valence-corrected chi connectivity index (χ4v) is 2.65. The number of aryl methyl sites for hydroxylation is 2. The van der Waals surface area contributed by atoms with Gasteiger partial charge in [-0.15, -0.1) is 0 Å². The molecule has 7 nitrogen and oxygen atoms in total.